The zero-order valence-electron chi connectivity index (χ0n) is 12.8. The van der Waals surface area contributed by atoms with Gasteiger partial charge >= 0.3 is 0 Å². The van der Waals surface area contributed by atoms with Crippen molar-refractivity contribution in [3.05, 3.63) is 34.3 Å². The molecule has 118 valence electrons. The van der Waals surface area contributed by atoms with Crippen LogP contribution >= 0.6 is 27.7 Å². The Hall–Kier alpha value is -1.14. The molecule has 22 heavy (non-hydrogen) atoms. The van der Waals surface area contributed by atoms with Crippen LogP contribution in [0.2, 0.25) is 0 Å². The van der Waals surface area contributed by atoms with Gasteiger partial charge in [-0.05, 0) is 50.8 Å². The van der Waals surface area contributed by atoms with Crippen LogP contribution in [0.5, 0.6) is 5.88 Å². The van der Waals surface area contributed by atoms with Gasteiger partial charge < -0.3 is 9.64 Å². The van der Waals surface area contributed by atoms with Crippen LogP contribution in [-0.4, -0.2) is 20.8 Å². The van der Waals surface area contributed by atoms with Gasteiger partial charge in [0.15, 0.2) is 0 Å². The van der Waals surface area contributed by atoms with Crippen molar-refractivity contribution in [2.75, 3.05) is 4.90 Å². The molecular weight excluding hydrogens is 362 g/mol. The first-order chi connectivity index (χ1) is 10.6. The molecule has 2 aromatic rings. The number of nitrogens with zero attached hydrogens (tertiary/aromatic N) is 3. The van der Waals surface area contributed by atoms with Gasteiger partial charge in [0.25, 0.3) is 5.88 Å². The van der Waals surface area contributed by atoms with Crippen molar-refractivity contribution in [2.24, 2.45) is 0 Å². The Morgan fingerprint density at radius 1 is 1.18 bits per heavy atom. The summed E-state index contributed by atoms with van der Waals surface area (Å²) in [6, 6.07) is 9.12. The van der Waals surface area contributed by atoms with E-state index in [-0.39, 0.29) is 0 Å². The summed E-state index contributed by atoms with van der Waals surface area (Å²) in [7, 11) is 0. The number of aromatic nitrogens is 2. The van der Waals surface area contributed by atoms with E-state index < -0.39 is 0 Å². The van der Waals surface area contributed by atoms with Crippen LogP contribution in [0.3, 0.4) is 0 Å². The van der Waals surface area contributed by atoms with Gasteiger partial charge in [-0.25, -0.2) is 0 Å². The third-order valence-corrected chi connectivity index (χ3v) is 5.20. The number of piperidine rings is 1. The summed E-state index contributed by atoms with van der Waals surface area (Å²) in [5.41, 5.74) is 1.13. The van der Waals surface area contributed by atoms with Gasteiger partial charge in [0.05, 0.1) is 11.7 Å². The molecule has 2 unspecified atom stereocenters. The van der Waals surface area contributed by atoms with Crippen LogP contribution in [0.1, 0.15) is 38.7 Å². The van der Waals surface area contributed by atoms with Crippen LogP contribution in [0.15, 0.2) is 28.7 Å². The summed E-state index contributed by atoms with van der Waals surface area (Å²) in [6.45, 7) is 5.03. The molecule has 1 aliphatic rings. The lowest BCUT2D eigenvalue weighted by Crippen LogP contribution is -2.44. The normalized spacial score (nSPS) is 21.9. The van der Waals surface area contributed by atoms with Crippen molar-refractivity contribution in [2.45, 2.75) is 51.8 Å². The van der Waals surface area contributed by atoms with E-state index in [4.69, 9.17) is 4.74 Å². The molecule has 4 nitrogen and oxygen atoms in total. The molecule has 3 rings (SSSR count). The molecule has 1 fully saturated rings. The Morgan fingerprint density at radius 3 is 2.55 bits per heavy atom. The standard InChI is InChI=1S/C16H20BrN3OS/c1-11-4-3-5-12(2)20(11)15-16(19-22-18-15)21-10-13-6-8-14(17)9-7-13/h6-9,11-12H,3-5,10H2,1-2H3. The molecule has 0 radical (unpaired) electrons. The molecule has 0 bridgehead atoms. The van der Waals surface area contributed by atoms with E-state index in [0.717, 1.165) is 15.9 Å². The highest BCUT2D eigenvalue weighted by Crippen LogP contribution is 2.34. The minimum Gasteiger partial charge on any atom is -0.470 e. The van der Waals surface area contributed by atoms with Crippen molar-refractivity contribution in [1.29, 1.82) is 0 Å². The molecule has 0 aliphatic carbocycles. The Kier molecular flexibility index (Phi) is 4.98. The summed E-state index contributed by atoms with van der Waals surface area (Å²) >= 11 is 4.67. The van der Waals surface area contributed by atoms with E-state index in [1.165, 1.54) is 31.0 Å². The van der Waals surface area contributed by atoms with Crippen molar-refractivity contribution in [3.63, 3.8) is 0 Å². The second-order valence-corrected chi connectivity index (χ2v) is 7.29. The largest absolute Gasteiger partial charge is 0.470 e. The van der Waals surface area contributed by atoms with Gasteiger partial charge in [0.2, 0.25) is 5.82 Å². The van der Waals surface area contributed by atoms with Crippen LogP contribution in [-0.2, 0) is 6.61 Å². The lowest BCUT2D eigenvalue weighted by atomic mass is 9.98. The molecule has 1 saturated heterocycles. The lowest BCUT2D eigenvalue weighted by Gasteiger charge is -2.39. The summed E-state index contributed by atoms with van der Waals surface area (Å²) in [4.78, 5) is 2.36. The first-order valence-corrected chi connectivity index (χ1v) is 9.15. The highest BCUT2D eigenvalue weighted by Gasteiger charge is 2.29. The van der Waals surface area contributed by atoms with Crippen molar-refractivity contribution >= 4 is 33.5 Å². The predicted octanol–water partition coefficient (Wildman–Crippen LogP) is 4.65. The van der Waals surface area contributed by atoms with E-state index in [9.17, 15) is 0 Å². The minimum atomic E-state index is 0.489. The van der Waals surface area contributed by atoms with E-state index in [1.807, 2.05) is 12.1 Å². The average Bonchev–Trinajstić information content (AvgIpc) is 2.95. The number of rotatable bonds is 4. The molecule has 1 aromatic carbocycles. The first-order valence-electron chi connectivity index (χ1n) is 7.63. The number of hydrogen-bond acceptors (Lipinski definition) is 5. The maximum absolute atomic E-state index is 5.93. The highest BCUT2D eigenvalue weighted by atomic mass is 79.9. The third-order valence-electron chi connectivity index (χ3n) is 4.17. The SMILES string of the molecule is CC1CCCC(C)N1c1nsnc1OCc1ccc(Br)cc1. The van der Waals surface area contributed by atoms with Gasteiger partial charge in [-0.3, -0.25) is 0 Å². The fraction of sp³-hybridized carbons (Fsp3) is 0.500. The zero-order valence-corrected chi connectivity index (χ0v) is 15.2. The van der Waals surface area contributed by atoms with Gasteiger partial charge in [0, 0.05) is 16.6 Å². The highest BCUT2D eigenvalue weighted by molar-refractivity contribution is 9.10. The number of halogens is 1. The van der Waals surface area contributed by atoms with E-state index in [1.54, 1.807) is 0 Å². The zero-order chi connectivity index (χ0) is 15.5. The van der Waals surface area contributed by atoms with Gasteiger partial charge in [0.1, 0.15) is 6.61 Å². The topological polar surface area (TPSA) is 38.2 Å². The van der Waals surface area contributed by atoms with E-state index in [2.05, 4.69) is 55.6 Å². The Labute approximate surface area is 144 Å². The summed E-state index contributed by atoms with van der Waals surface area (Å²) in [6.07, 6.45) is 3.69. The van der Waals surface area contributed by atoms with Crippen LogP contribution < -0.4 is 9.64 Å². The maximum atomic E-state index is 5.93. The molecule has 2 heterocycles. The maximum Gasteiger partial charge on any atom is 0.271 e. The minimum absolute atomic E-state index is 0.489. The molecule has 0 spiro atoms. The fourth-order valence-corrected chi connectivity index (χ4v) is 3.76. The summed E-state index contributed by atoms with van der Waals surface area (Å²) < 4.78 is 15.8. The summed E-state index contributed by atoms with van der Waals surface area (Å²) in [5.74, 6) is 1.57. The molecule has 0 amide bonds. The van der Waals surface area contributed by atoms with Crippen molar-refractivity contribution in [3.8, 4) is 5.88 Å². The molecule has 0 N–H and O–H groups in total. The lowest BCUT2D eigenvalue weighted by molar-refractivity contribution is 0.293. The predicted molar refractivity (Wildman–Crippen MR) is 93.6 cm³/mol. The first kappa shape index (κ1) is 15.7. The number of benzene rings is 1. The van der Waals surface area contributed by atoms with Crippen LogP contribution in [0.4, 0.5) is 5.82 Å². The molecule has 6 heteroatoms. The second kappa shape index (κ2) is 6.96. The second-order valence-electron chi connectivity index (χ2n) is 5.84. The molecule has 0 saturated carbocycles. The Balaban J connectivity index is 1.73. The van der Waals surface area contributed by atoms with Gasteiger partial charge in [-0.15, -0.1) is 4.37 Å². The van der Waals surface area contributed by atoms with E-state index in [0.29, 0.717) is 24.6 Å². The molecule has 1 aromatic heterocycles. The quantitative estimate of drug-likeness (QED) is 0.772. The fourth-order valence-electron chi connectivity index (χ4n) is 3.00. The Morgan fingerprint density at radius 2 is 1.86 bits per heavy atom. The number of anilines is 1. The van der Waals surface area contributed by atoms with Crippen LogP contribution in [0.25, 0.3) is 0 Å². The van der Waals surface area contributed by atoms with E-state index >= 15 is 0 Å². The smallest absolute Gasteiger partial charge is 0.271 e. The van der Waals surface area contributed by atoms with Crippen molar-refractivity contribution < 1.29 is 4.74 Å². The average molecular weight is 382 g/mol. The Bertz CT molecular complexity index is 606. The van der Waals surface area contributed by atoms with Gasteiger partial charge in [-0.1, -0.05) is 28.1 Å². The van der Waals surface area contributed by atoms with Crippen LogP contribution in [0, 0.1) is 0 Å². The monoisotopic (exact) mass is 381 g/mol. The number of ether oxygens (including phenoxy) is 1. The van der Waals surface area contributed by atoms with Crippen molar-refractivity contribution in [1.82, 2.24) is 8.75 Å². The van der Waals surface area contributed by atoms with Gasteiger partial charge in [-0.2, -0.15) is 4.37 Å². The molecular formula is C16H20BrN3OS. The third kappa shape index (κ3) is 3.43. The molecule has 1 aliphatic heterocycles. The molecule has 2 atom stereocenters. The summed E-state index contributed by atoms with van der Waals surface area (Å²) in [5, 5.41) is 0. The number of hydrogen-bond donors (Lipinski definition) is 0.